The second-order valence-electron chi connectivity index (χ2n) is 7.61. The lowest BCUT2D eigenvalue weighted by molar-refractivity contribution is 0.401. The minimum atomic E-state index is 0.997. The first-order valence-corrected chi connectivity index (χ1v) is 8.81. The van der Waals surface area contributed by atoms with Crippen LogP contribution in [0, 0.1) is 0 Å². The zero-order valence-corrected chi connectivity index (χ0v) is 15.2. The minimum absolute atomic E-state index is 0.997. The van der Waals surface area contributed by atoms with Crippen LogP contribution in [0.25, 0.3) is 22.9 Å². The molecular weight excluding hydrogens is 292 g/mol. The molecule has 0 atom stereocenters. The summed E-state index contributed by atoms with van der Waals surface area (Å²) in [4.78, 5) is 4.56. The molecule has 0 amide bonds. The molecule has 0 fully saturated rings. The van der Waals surface area contributed by atoms with E-state index < -0.39 is 0 Å². The lowest BCUT2D eigenvalue weighted by atomic mass is 9.86. The van der Waals surface area contributed by atoms with Gasteiger partial charge in [0.15, 0.2) is 0 Å². The van der Waals surface area contributed by atoms with E-state index in [4.69, 9.17) is 0 Å². The summed E-state index contributed by atoms with van der Waals surface area (Å²) >= 11 is 0. The Kier molecular flexibility index (Phi) is 3.82. The highest BCUT2D eigenvalue weighted by Gasteiger charge is 2.24. The molecule has 0 N–H and O–H groups in total. The predicted octanol–water partition coefficient (Wildman–Crippen LogP) is 4.10. The average molecular weight is 318 g/mol. The van der Waals surface area contributed by atoms with Crippen molar-refractivity contribution in [3.05, 3.63) is 57.7 Å². The first-order chi connectivity index (χ1) is 11.6. The summed E-state index contributed by atoms with van der Waals surface area (Å²) in [5, 5.41) is 3.04. The number of hydrogen-bond acceptors (Lipinski definition) is 2. The summed E-state index contributed by atoms with van der Waals surface area (Å²) in [6.45, 7) is 1.99. The van der Waals surface area contributed by atoms with Crippen LogP contribution in [-0.4, -0.2) is 38.0 Å². The smallest absolute Gasteiger partial charge is 0.0233 e. The molecule has 0 aromatic heterocycles. The van der Waals surface area contributed by atoms with Crippen molar-refractivity contribution in [1.82, 2.24) is 9.80 Å². The number of benzene rings is 2. The van der Waals surface area contributed by atoms with E-state index in [2.05, 4.69) is 74.4 Å². The van der Waals surface area contributed by atoms with Gasteiger partial charge in [-0.05, 0) is 85.2 Å². The van der Waals surface area contributed by atoms with Crippen LogP contribution in [0.1, 0.15) is 33.4 Å². The van der Waals surface area contributed by atoms with Gasteiger partial charge in [0.2, 0.25) is 0 Å². The summed E-state index contributed by atoms with van der Waals surface area (Å²) in [6, 6.07) is 4.71. The molecule has 2 heteroatoms. The average Bonchev–Trinajstić information content (AvgIpc) is 3.15. The third-order valence-corrected chi connectivity index (χ3v) is 5.11. The zero-order valence-electron chi connectivity index (χ0n) is 15.2. The van der Waals surface area contributed by atoms with Gasteiger partial charge in [0.1, 0.15) is 0 Å². The SMILES string of the molecule is CN(C)Cc1ccc(CN(C)C)c2c3c(c4c(c12)CC=C4)C=CC3. The van der Waals surface area contributed by atoms with Crippen LogP contribution in [0.5, 0.6) is 0 Å². The molecule has 4 rings (SSSR count). The Hall–Kier alpha value is -1.90. The largest absolute Gasteiger partial charge is 0.305 e. The molecule has 24 heavy (non-hydrogen) atoms. The molecule has 0 heterocycles. The fourth-order valence-electron chi connectivity index (χ4n) is 4.31. The van der Waals surface area contributed by atoms with Gasteiger partial charge in [-0.1, -0.05) is 36.4 Å². The van der Waals surface area contributed by atoms with Crippen molar-refractivity contribution in [2.24, 2.45) is 0 Å². The Morgan fingerprint density at radius 1 is 0.708 bits per heavy atom. The molecule has 2 nitrogen and oxygen atoms in total. The summed E-state index contributed by atoms with van der Waals surface area (Å²) in [5.41, 5.74) is 8.93. The first kappa shape index (κ1) is 15.6. The van der Waals surface area contributed by atoms with Gasteiger partial charge in [-0.3, -0.25) is 0 Å². The second-order valence-corrected chi connectivity index (χ2v) is 7.61. The molecule has 0 spiro atoms. The Bertz CT molecular complexity index is 797. The number of fused-ring (bicyclic) bond motifs is 6. The van der Waals surface area contributed by atoms with E-state index in [1.165, 1.54) is 44.2 Å². The van der Waals surface area contributed by atoms with Crippen LogP contribution in [0.4, 0.5) is 0 Å². The zero-order chi connectivity index (χ0) is 16.8. The molecule has 124 valence electrons. The maximum Gasteiger partial charge on any atom is 0.0233 e. The third kappa shape index (κ3) is 2.42. The molecule has 0 bridgehead atoms. The maximum atomic E-state index is 2.36. The highest BCUT2D eigenvalue weighted by Crippen LogP contribution is 2.42. The highest BCUT2D eigenvalue weighted by molar-refractivity contribution is 6.01. The van der Waals surface area contributed by atoms with Crippen LogP contribution in [0.15, 0.2) is 24.3 Å². The van der Waals surface area contributed by atoms with Crippen molar-refractivity contribution in [2.45, 2.75) is 25.9 Å². The van der Waals surface area contributed by atoms with E-state index in [1.54, 1.807) is 0 Å². The van der Waals surface area contributed by atoms with Crippen molar-refractivity contribution >= 4 is 22.9 Å². The quantitative estimate of drug-likeness (QED) is 0.837. The molecular formula is C22H26N2. The fraction of sp³-hybridized carbons (Fsp3) is 0.364. The molecule has 0 aliphatic heterocycles. The number of rotatable bonds is 4. The standard InChI is InChI=1S/C22H26N2/c1-23(2)13-15-11-12-16(14-24(3)4)22-20-10-6-8-18(20)17-7-5-9-19(17)21(15)22/h5-8,11-12H,9-10,13-14H2,1-4H3. The normalized spacial score (nSPS) is 15.1. The minimum Gasteiger partial charge on any atom is -0.305 e. The molecule has 2 aromatic carbocycles. The summed E-state index contributed by atoms with van der Waals surface area (Å²) in [7, 11) is 8.64. The second kappa shape index (κ2) is 5.87. The van der Waals surface area contributed by atoms with Gasteiger partial charge >= 0.3 is 0 Å². The number of nitrogens with zero attached hydrogens (tertiary/aromatic N) is 2. The van der Waals surface area contributed by atoms with Gasteiger partial charge in [0, 0.05) is 13.1 Å². The van der Waals surface area contributed by atoms with E-state index in [-0.39, 0.29) is 0 Å². The Balaban J connectivity index is 2.07. The Labute approximate surface area is 145 Å². The predicted molar refractivity (Wildman–Crippen MR) is 104 cm³/mol. The summed E-state index contributed by atoms with van der Waals surface area (Å²) in [5.74, 6) is 0. The topological polar surface area (TPSA) is 6.48 Å². The molecule has 2 aromatic rings. The maximum absolute atomic E-state index is 2.36. The number of allylic oxidation sites excluding steroid dienone is 2. The third-order valence-electron chi connectivity index (χ3n) is 5.11. The molecule has 2 aliphatic rings. The molecule has 2 aliphatic carbocycles. The summed E-state index contributed by atoms with van der Waals surface area (Å²) in [6.07, 6.45) is 11.5. The molecule has 0 saturated carbocycles. The molecule has 0 unspecified atom stereocenters. The van der Waals surface area contributed by atoms with Gasteiger partial charge in [0.05, 0.1) is 0 Å². The van der Waals surface area contributed by atoms with Crippen LogP contribution >= 0.6 is 0 Å². The van der Waals surface area contributed by atoms with E-state index in [1.807, 2.05) is 0 Å². The van der Waals surface area contributed by atoms with Crippen molar-refractivity contribution < 1.29 is 0 Å². The lowest BCUT2D eigenvalue weighted by Gasteiger charge is -2.22. The van der Waals surface area contributed by atoms with Crippen molar-refractivity contribution in [3.63, 3.8) is 0 Å². The Morgan fingerprint density at radius 2 is 1.12 bits per heavy atom. The van der Waals surface area contributed by atoms with E-state index in [0.29, 0.717) is 0 Å². The Morgan fingerprint density at radius 3 is 1.50 bits per heavy atom. The van der Waals surface area contributed by atoms with Crippen molar-refractivity contribution in [2.75, 3.05) is 28.2 Å². The fourth-order valence-corrected chi connectivity index (χ4v) is 4.31. The van der Waals surface area contributed by atoms with Gasteiger partial charge in [-0.15, -0.1) is 0 Å². The van der Waals surface area contributed by atoms with Gasteiger partial charge < -0.3 is 9.80 Å². The van der Waals surface area contributed by atoms with E-state index >= 15 is 0 Å². The monoisotopic (exact) mass is 318 g/mol. The lowest BCUT2D eigenvalue weighted by Crippen LogP contribution is -2.14. The van der Waals surface area contributed by atoms with Gasteiger partial charge in [0.25, 0.3) is 0 Å². The molecule has 0 radical (unpaired) electrons. The van der Waals surface area contributed by atoms with E-state index in [0.717, 1.165) is 25.9 Å². The number of hydrogen-bond donors (Lipinski definition) is 0. The van der Waals surface area contributed by atoms with Crippen LogP contribution in [0.3, 0.4) is 0 Å². The van der Waals surface area contributed by atoms with E-state index in [9.17, 15) is 0 Å². The van der Waals surface area contributed by atoms with Gasteiger partial charge in [-0.25, -0.2) is 0 Å². The van der Waals surface area contributed by atoms with Gasteiger partial charge in [-0.2, -0.15) is 0 Å². The highest BCUT2D eigenvalue weighted by atomic mass is 15.1. The first-order valence-electron chi connectivity index (χ1n) is 8.81. The van der Waals surface area contributed by atoms with Crippen LogP contribution < -0.4 is 0 Å². The van der Waals surface area contributed by atoms with Crippen molar-refractivity contribution in [3.8, 4) is 0 Å². The van der Waals surface area contributed by atoms with Crippen LogP contribution in [-0.2, 0) is 25.9 Å². The summed E-state index contributed by atoms with van der Waals surface area (Å²) < 4.78 is 0. The van der Waals surface area contributed by atoms with Crippen LogP contribution in [0.2, 0.25) is 0 Å². The molecule has 0 saturated heterocycles. The van der Waals surface area contributed by atoms with Crippen molar-refractivity contribution in [1.29, 1.82) is 0 Å².